The van der Waals surface area contributed by atoms with E-state index in [2.05, 4.69) is 12.3 Å². The molecule has 0 heterocycles. The van der Waals surface area contributed by atoms with Gasteiger partial charge in [0.2, 0.25) is 5.91 Å². The molecule has 0 aliphatic rings. The Bertz CT molecular complexity index is 142. The molecule has 0 bridgehead atoms. The van der Waals surface area contributed by atoms with Crippen LogP contribution in [-0.4, -0.2) is 17.4 Å². The summed E-state index contributed by atoms with van der Waals surface area (Å²) in [6.45, 7) is 2.22. The summed E-state index contributed by atoms with van der Waals surface area (Å²) in [5.74, 6) is 7.34. The summed E-state index contributed by atoms with van der Waals surface area (Å²) in [6.07, 6.45) is 6.57. The molecule has 0 aliphatic carbocycles. The van der Waals surface area contributed by atoms with Crippen molar-refractivity contribution < 1.29 is 4.79 Å². The van der Waals surface area contributed by atoms with Crippen LogP contribution in [0.5, 0.6) is 0 Å². The lowest BCUT2D eigenvalue weighted by molar-refractivity contribution is -0.121. The molecule has 3 nitrogen and oxygen atoms in total. The smallest absolute Gasteiger partial charge is 0.233 e. The lowest BCUT2D eigenvalue weighted by atomic mass is 10.2. The molecule has 1 amide bonds. The molecule has 0 aromatic rings. The molecule has 3 N–H and O–H groups in total. The van der Waals surface area contributed by atoms with Crippen LogP contribution >= 0.6 is 11.8 Å². The van der Waals surface area contributed by atoms with Crippen molar-refractivity contribution in [2.75, 3.05) is 11.5 Å². The van der Waals surface area contributed by atoms with Crippen LogP contribution in [0.15, 0.2) is 0 Å². The topological polar surface area (TPSA) is 55.1 Å². The van der Waals surface area contributed by atoms with Gasteiger partial charge in [0.05, 0.1) is 0 Å². The molecule has 0 saturated heterocycles. The number of amides is 1. The first-order valence-corrected chi connectivity index (χ1v) is 6.54. The van der Waals surface area contributed by atoms with Crippen LogP contribution in [0, 0.1) is 0 Å². The van der Waals surface area contributed by atoms with Gasteiger partial charge in [0, 0.05) is 6.42 Å². The molecule has 0 saturated carbocycles. The Labute approximate surface area is 91.2 Å². The molecule has 0 atom stereocenters. The summed E-state index contributed by atoms with van der Waals surface area (Å²) in [4.78, 5) is 10.7. The lowest BCUT2D eigenvalue weighted by Gasteiger charge is -2.01. The van der Waals surface area contributed by atoms with E-state index < -0.39 is 0 Å². The number of nitrogens with two attached hydrogens (primary N) is 1. The highest BCUT2D eigenvalue weighted by Gasteiger charge is 1.97. The maximum atomic E-state index is 10.7. The van der Waals surface area contributed by atoms with Crippen molar-refractivity contribution in [3.8, 4) is 0 Å². The van der Waals surface area contributed by atoms with Crippen molar-refractivity contribution in [1.82, 2.24) is 5.43 Å². The van der Waals surface area contributed by atoms with Gasteiger partial charge in [0.25, 0.3) is 0 Å². The number of thioether (sulfide) groups is 1. The molecule has 0 unspecified atom stereocenters. The van der Waals surface area contributed by atoms with E-state index in [9.17, 15) is 4.79 Å². The van der Waals surface area contributed by atoms with Gasteiger partial charge in [-0.05, 0) is 30.8 Å². The highest BCUT2D eigenvalue weighted by atomic mass is 32.2. The van der Waals surface area contributed by atoms with Gasteiger partial charge in [0.1, 0.15) is 0 Å². The molecule has 0 fully saturated rings. The number of hydrazine groups is 1. The zero-order valence-electron chi connectivity index (χ0n) is 9.05. The third-order valence-corrected chi connectivity index (χ3v) is 3.15. The Hall–Kier alpha value is -0.220. The number of hydrogen-bond donors (Lipinski definition) is 2. The third-order valence-electron chi connectivity index (χ3n) is 2.00. The Balaban J connectivity index is 2.95. The van der Waals surface area contributed by atoms with E-state index in [-0.39, 0.29) is 5.91 Å². The van der Waals surface area contributed by atoms with Gasteiger partial charge in [-0.3, -0.25) is 10.2 Å². The number of rotatable bonds is 9. The van der Waals surface area contributed by atoms with E-state index in [1.165, 1.54) is 30.8 Å². The fourth-order valence-corrected chi connectivity index (χ4v) is 2.14. The van der Waals surface area contributed by atoms with E-state index in [1.807, 2.05) is 11.8 Å². The highest BCUT2D eigenvalue weighted by molar-refractivity contribution is 7.99. The number of nitrogens with one attached hydrogen (secondary N) is 1. The van der Waals surface area contributed by atoms with E-state index in [0.29, 0.717) is 6.42 Å². The lowest BCUT2D eigenvalue weighted by Crippen LogP contribution is -2.29. The molecule has 0 aromatic heterocycles. The first-order chi connectivity index (χ1) is 6.81. The minimum atomic E-state index is -0.0546. The number of carbonyl (C=O) groups is 1. The molecular formula is C10H22N2OS. The first-order valence-electron chi connectivity index (χ1n) is 5.38. The van der Waals surface area contributed by atoms with Gasteiger partial charge in [-0.25, -0.2) is 5.84 Å². The van der Waals surface area contributed by atoms with Gasteiger partial charge in [-0.15, -0.1) is 0 Å². The molecule has 14 heavy (non-hydrogen) atoms. The standard InChI is InChI=1S/C10H22N2OS/c1-2-3-5-8-14-9-6-4-7-10(13)12-11/h2-9,11H2,1H3,(H,12,13). The minimum Gasteiger partial charge on any atom is -0.294 e. The second-order valence-corrected chi connectivity index (χ2v) is 4.57. The van der Waals surface area contributed by atoms with Crippen LogP contribution in [0.3, 0.4) is 0 Å². The van der Waals surface area contributed by atoms with Gasteiger partial charge in [-0.2, -0.15) is 11.8 Å². The normalized spacial score (nSPS) is 10.1. The first kappa shape index (κ1) is 13.8. The van der Waals surface area contributed by atoms with E-state index in [1.54, 1.807) is 0 Å². The Morgan fingerprint density at radius 1 is 1.21 bits per heavy atom. The largest absolute Gasteiger partial charge is 0.294 e. The second kappa shape index (κ2) is 10.9. The zero-order valence-corrected chi connectivity index (χ0v) is 9.87. The van der Waals surface area contributed by atoms with Crippen molar-refractivity contribution in [2.45, 2.75) is 45.4 Å². The molecule has 0 spiro atoms. The van der Waals surface area contributed by atoms with Crippen molar-refractivity contribution in [3.63, 3.8) is 0 Å². The number of hydrogen-bond acceptors (Lipinski definition) is 3. The zero-order chi connectivity index (χ0) is 10.6. The minimum absolute atomic E-state index is 0.0546. The molecule has 0 rings (SSSR count). The van der Waals surface area contributed by atoms with Gasteiger partial charge in [0.15, 0.2) is 0 Å². The van der Waals surface area contributed by atoms with Crippen molar-refractivity contribution in [1.29, 1.82) is 0 Å². The van der Waals surface area contributed by atoms with Crippen LogP contribution in [0.2, 0.25) is 0 Å². The van der Waals surface area contributed by atoms with Crippen LogP contribution in [-0.2, 0) is 4.79 Å². The molecule has 0 radical (unpaired) electrons. The summed E-state index contributed by atoms with van der Waals surface area (Å²) in [6, 6.07) is 0. The number of carbonyl (C=O) groups excluding carboxylic acids is 1. The van der Waals surface area contributed by atoms with Gasteiger partial charge in [-0.1, -0.05) is 19.8 Å². The Kier molecular flexibility index (Phi) is 10.7. The summed E-state index contributed by atoms with van der Waals surface area (Å²) >= 11 is 1.99. The third kappa shape index (κ3) is 9.86. The maximum absolute atomic E-state index is 10.7. The fourth-order valence-electron chi connectivity index (χ4n) is 1.12. The highest BCUT2D eigenvalue weighted by Crippen LogP contribution is 2.09. The fraction of sp³-hybridized carbons (Fsp3) is 0.900. The van der Waals surface area contributed by atoms with Crippen LogP contribution in [0.25, 0.3) is 0 Å². The van der Waals surface area contributed by atoms with Gasteiger partial charge < -0.3 is 0 Å². The molecule has 4 heteroatoms. The van der Waals surface area contributed by atoms with Gasteiger partial charge >= 0.3 is 0 Å². The molecule has 84 valence electrons. The SMILES string of the molecule is CCCCCSCCCCC(=O)NN. The second-order valence-electron chi connectivity index (χ2n) is 3.34. The summed E-state index contributed by atoms with van der Waals surface area (Å²) in [5.41, 5.74) is 2.14. The molecule has 0 aliphatic heterocycles. The van der Waals surface area contributed by atoms with E-state index >= 15 is 0 Å². The number of unbranched alkanes of at least 4 members (excludes halogenated alkanes) is 3. The van der Waals surface area contributed by atoms with Crippen molar-refractivity contribution in [2.24, 2.45) is 5.84 Å². The summed E-state index contributed by atoms with van der Waals surface area (Å²) in [5, 5.41) is 0. The van der Waals surface area contributed by atoms with Crippen LogP contribution in [0.1, 0.15) is 45.4 Å². The maximum Gasteiger partial charge on any atom is 0.233 e. The molecular weight excluding hydrogens is 196 g/mol. The average molecular weight is 218 g/mol. The van der Waals surface area contributed by atoms with Crippen molar-refractivity contribution in [3.05, 3.63) is 0 Å². The monoisotopic (exact) mass is 218 g/mol. The predicted molar refractivity (Wildman–Crippen MR) is 63.0 cm³/mol. The summed E-state index contributed by atoms with van der Waals surface area (Å²) < 4.78 is 0. The Morgan fingerprint density at radius 3 is 2.43 bits per heavy atom. The van der Waals surface area contributed by atoms with Crippen LogP contribution < -0.4 is 11.3 Å². The van der Waals surface area contributed by atoms with Crippen molar-refractivity contribution >= 4 is 17.7 Å². The Morgan fingerprint density at radius 2 is 1.86 bits per heavy atom. The van der Waals surface area contributed by atoms with E-state index in [4.69, 9.17) is 5.84 Å². The van der Waals surface area contributed by atoms with Crippen LogP contribution in [0.4, 0.5) is 0 Å². The molecule has 0 aromatic carbocycles. The van der Waals surface area contributed by atoms with E-state index in [0.717, 1.165) is 12.8 Å². The quantitative estimate of drug-likeness (QED) is 0.269. The predicted octanol–water partition coefficient (Wildman–Crippen LogP) is 2.07. The average Bonchev–Trinajstić information content (AvgIpc) is 2.21. The summed E-state index contributed by atoms with van der Waals surface area (Å²) in [7, 11) is 0.